The lowest BCUT2D eigenvalue weighted by Gasteiger charge is -2.07. The van der Waals surface area contributed by atoms with Crippen molar-refractivity contribution in [2.75, 3.05) is 13.2 Å². The summed E-state index contributed by atoms with van der Waals surface area (Å²) in [6.45, 7) is 2.69. The van der Waals surface area contributed by atoms with Gasteiger partial charge in [0.15, 0.2) is 0 Å². The molecule has 0 aliphatic heterocycles. The lowest BCUT2D eigenvalue weighted by molar-refractivity contribution is -0.123. The number of aliphatic hydroxyl groups excluding tert-OH is 1. The predicted octanol–water partition coefficient (Wildman–Crippen LogP) is 1.21. The summed E-state index contributed by atoms with van der Waals surface area (Å²) >= 11 is 0. The zero-order chi connectivity index (χ0) is 11.5. The first kappa shape index (κ1) is 13.9. The summed E-state index contributed by atoms with van der Waals surface area (Å²) in [6.07, 6.45) is 4.29. The van der Waals surface area contributed by atoms with Crippen molar-refractivity contribution in [2.45, 2.75) is 39.0 Å². The third-order valence-corrected chi connectivity index (χ3v) is 2.26. The van der Waals surface area contributed by atoms with Crippen LogP contribution in [0.25, 0.3) is 0 Å². The van der Waals surface area contributed by atoms with Crippen molar-refractivity contribution >= 4 is 5.91 Å². The van der Waals surface area contributed by atoms with Crippen LogP contribution >= 0.6 is 0 Å². The summed E-state index contributed by atoms with van der Waals surface area (Å²) in [5, 5.41) is 19.9. The minimum absolute atomic E-state index is 0.165. The number of rotatable bonds is 8. The summed E-state index contributed by atoms with van der Waals surface area (Å²) in [4.78, 5) is 11.3. The van der Waals surface area contributed by atoms with Crippen LogP contribution in [0.3, 0.4) is 0 Å². The van der Waals surface area contributed by atoms with Gasteiger partial charge in [-0.25, -0.2) is 0 Å². The monoisotopic (exact) mass is 212 g/mol. The van der Waals surface area contributed by atoms with Gasteiger partial charge in [-0.3, -0.25) is 4.79 Å². The van der Waals surface area contributed by atoms with E-state index in [0.29, 0.717) is 13.0 Å². The molecule has 0 fully saturated rings. The summed E-state index contributed by atoms with van der Waals surface area (Å²) in [6, 6.07) is 1.97. The Morgan fingerprint density at radius 3 is 2.60 bits per heavy atom. The minimum atomic E-state index is -0.512. The SMILES string of the molecule is CCC(C#N)C(=O)NCCCCCCO. The molecule has 15 heavy (non-hydrogen) atoms. The molecule has 0 aromatic carbocycles. The Labute approximate surface area is 91.3 Å². The Morgan fingerprint density at radius 1 is 1.40 bits per heavy atom. The number of nitriles is 1. The summed E-state index contributed by atoms with van der Waals surface area (Å²) in [5.41, 5.74) is 0. The summed E-state index contributed by atoms with van der Waals surface area (Å²) in [5.74, 6) is -0.676. The highest BCUT2D eigenvalue weighted by molar-refractivity contribution is 5.80. The number of carbonyl (C=O) groups excluding carboxylic acids is 1. The summed E-state index contributed by atoms with van der Waals surface area (Å²) < 4.78 is 0. The smallest absolute Gasteiger partial charge is 0.237 e. The van der Waals surface area contributed by atoms with Gasteiger partial charge in [0.05, 0.1) is 6.07 Å². The highest BCUT2D eigenvalue weighted by atomic mass is 16.2. The average molecular weight is 212 g/mol. The van der Waals surface area contributed by atoms with Gasteiger partial charge in [-0.2, -0.15) is 5.26 Å². The van der Waals surface area contributed by atoms with Crippen molar-refractivity contribution in [3.63, 3.8) is 0 Å². The third-order valence-electron chi connectivity index (χ3n) is 2.26. The van der Waals surface area contributed by atoms with Gasteiger partial charge in [0.1, 0.15) is 5.92 Å². The molecule has 0 aliphatic rings. The highest BCUT2D eigenvalue weighted by Crippen LogP contribution is 2.01. The van der Waals surface area contributed by atoms with Gasteiger partial charge in [-0.1, -0.05) is 19.8 Å². The maximum atomic E-state index is 11.3. The predicted molar refractivity (Wildman–Crippen MR) is 58.0 cm³/mol. The third kappa shape index (κ3) is 6.92. The lowest BCUT2D eigenvalue weighted by Crippen LogP contribution is -2.30. The van der Waals surface area contributed by atoms with E-state index >= 15 is 0 Å². The second-order valence-corrected chi connectivity index (χ2v) is 3.52. The van der Waals surface area contributed by atoms with E-state index in [-0.39, 0.29) is 12.5 Å². The average Bonchev–Trinajstić information content (AvgIpc) is 2.25. The Bertz CT molecular complexity index is 211. The first-order valence-electron chi connectivity index (χ1n) is 5.54. The van der Waals surface area contributed by atoms with Crippen molar-refractivity contribution in [2.24, 2.45) is 5.92 Å². The molecular formula is C11H20N2O2. The van der Waals surface area contributed by atoms with E-state index in [1.165, 1.54) is 0 Å². The number of aliphatic hydroxyl groups is 1. The van der Waals surface area contributed by atoms with Crippen molar-refractivity contribution in [3.8, 4) is 6.07 Å². The molecular weight excluding hydrogens is 192 g/mol. The van der Waals surface area contributed by atoms with Crippen molar-refractivity contribution in [3.05, 3.63) is 0 Å². The molecule has 1 atom stereocenters. The Kier molecular flexibility index (Phi) is 8.79. The van der Waals surface area contributed by atoms with Crippen LogP contribution in [-0.2, 0) is 4.79 Å². The van der Waals surface area contributed by atoms with Gasteiger partial charge in [0.25, 0.3) is 0 Å². The van der Waals surface area contributed by atoms with Gasteiger partial charge in [-0.15, -0.1) is 0 Å². The Morgan fingerprint density at radius 2 is 2.07 bits per heavy atom. The van der Waals surface area contributed by atoms with E-state index in [9.17, 15) is 4.79 Å². The van der Waals surface area contributed by atoms with Gasteiger partial charge in [0, 0.05) is 13.2 Å². The van der Waals surface area contributed by atoms with Crippen LogP contribution in [-0.4, -0.2) is 24.2 Å². The van der Waals surface area contributed by atoms with E-state index in [4.69, 9.17) is 10.4 Å². The largest absolute Gasteiger partial charge is 0.396 e. The van der Waals surface area contributed by atoms with Crippen LogP contribution in [0.2, 0.25) is 0 Å². The van der Waals surface area contributed by atoms with Gasteiger partial charge in [0.2, 0.25) is 5.91 Å². The number of unbranched alkanes of at least 4 members (excludes halogenated alkanes) is 3. The zero-order valence-corrected chi connectivity index (χ0v) is 9.33. The molecule has 0 aromatic heterocycles. The van der Waals surface area contributed by atoms with E-state index in [2.05, 4.69) is 5.32 Å². The lowest BCUT2D eigenvalue weighted by atomic mass is 10.1. The van der Waals surface area contributed by atoms with Gasteiger partial charge < -0.3 is 10.4 Å². The molecule has 86 valence electrons. The second-order valence-electron chi connectivity index (χ2n) is 3.52. The topological polar surface area (TPSA) is 73.1 Å². The molecule has 1 amide bonds. The molecule has 4 nitrogen and oxygen atoms in total. The molecule has 4 heteroatoms. The molecule has 0 heterocycles. The normalized spacial score (nSPS) is 11.8. The fourth-order valence-corrected chi connectivity index (χ4v) is 1.26. The van der Waals surface area contributed by atoms with Crippen LogP contribution in [0, 0.1) is 17.2 Å². The van der Waals surface area contributed by atoms with E-state index in [1.54, 1.807) is 0 Å². The van der Waals surface area contributed by atoms with Crippen LogP contribution < -0.4 is 5.32 Å². The fourth-order valence-electron chi connectivity index (χ4n) is 1.26. The van der Waals surface area contributed by atoms with Crippen LogP contribution in [0.4, 0.5) is 0 Å². The molecule has 0 radical (unpaired) electrons. The van der Waals surface area contributed by atoms with E-state index < -0.39 is 5.92 Å². The van der Waals surface area contributed by atoms with Crippen molar-refractivity contribution in [1.29, 1.82) is 5.26 Å². The second kappa shape index (κ2) is 9.47. The number of carbonyl (C=O) groups is 1. The number of hydrogen-bond acceptors (Lipinski definition) is 3. The number of nitrogens with zero attached hydrogens (tertiary/aromatic N) is 1. The number of hydrogen-bond donors (Lipinski definition) is 2. The minimum Gasteiger partial charge on any atom is -0.396 e. The maximum absolute atomic E-state index is 11.3. The molecule has 1 unspecified atom stereocenters. The molecule has 0 aromatic rings. The van der Waals surface area contributed by atoms with Gasteiger partial charge in [-0.05, 0) is 19.3 Å². The number of amides is 1. The Balaban J connectivity index is 3.43. The molecule has 2 N–H and O–H groups in total. The van der Waals surface area contributed by atoms with E-state index in [1.807, 2.05) is 13.0 Å². The van der Waals surface area contributed by atoms with Gasteiger partial charge >= 0.3 is 0 Å². The summed E-state index contributed by atoms with van der Waals surface area (Å²) in [7, 11) is 0. The molecule has 0 spiro atoms. The standard InChI is InChI=1S/C11H20N2O2/c1-2-10(9-12)11(15)13-7-5-3-4-6-8-14/h10,14H,2-8H2,1H3,(H,13,15). The molecule has 0 saturated heterocycles. The molecule has 0 saturated carbocycles. The van der Waals surface area contributed by atoms with Crippen LogP contribution in [0.15, 0.2) is 0 Å². The van der Waals surface area contributed by atoms with E-state index in [0.717, 1.165) is 25.7 Å². The first-order valence-corrected chi connectivity index (χ1v) is 5.54. The molecule has 0 aliphatic carbocycles. The molecule has 0 bridgehead atoms. The zero-order valence-electron chi connectivity index (χ0n) is 9.33. The highest BCUT2D eigenvalue weighted by Gasteiger charge is 2.13. The van der Waals surface area contributed by atoms with Crippen molar-refractivity contribution in [1.82, 2.24) is 5.32 Å². The van der Waals surface area contributed by atoms with Crippen LogP contribution in [0.5, 0.6) is 0 Å². The Hall–Kier alpha value is -1.08. The molecule has 0 rings (SSSR count). The fraction of sp³-hybridized carbons (Fsp3) is 0.818. The first-order chi connectivity index (χ1) is 7.26. The number of nitrogens with one attached hydrogen (secondary N) is 1. The maximum Gasteiger partial charge on any atom is 0.237 e. The van der Waals surface area contributed by atoms with Crippen LogP contribution in [0.1, 0.15) is 39.0 Å². The quantitative estimate of drug-likeness (QED) is 0.594. The van der Waals surface area contributed by atoms with Crippen molar-refractivity contribution < 1.29 is 9.90 Å².